The predicted octanol–water partition coefficient (Wildman–Crippen LogP) is 5.17. The number of rotatable bonds is 1. The van der Waals surface area contributed by atoms with Gasteiger partial charge in [0, 0.05) is 5.92 Å². The minimum Gasteiger partial charge on any atom is -0.507 e. The van der Waals surface area contributed by atoms with Gasteiger partial charge in [0.1, 0.15) is 5.75 Å². The summed E-state index contributed by atoms with van der Waals surface area (Å²) in [5.74, 6) is 0.661. The molecule has 0 spiro atoms. The normalized spacial score (nSPS) is 13.0. The van der Waals surface area contributed by atoms with Gasteiger partial charge in [0.15, 0.2) is 0 Å². The van der Waals surface area contributed by atoms with Gasteiger partial charge < -0.3 is 5.11 Å². The van der Waals surface area contributed by atoms with Gasteiger partial charge in [-0.1, -0.05) is 60.7 Å². The largest absolute Gasteiger partial charge is 0.507 e. The third-order valence-electron chi connectivity index (χ3n) is 4.68. The molecule has 1 nitrogen and oxygen atoms in total. The summed E-state index contributed by atoms with van der Waals surface area (Å²) >= 11 is 0. The van der Waals surface area contributed by atoms with Crippen LogP contribution >= 0.6 is 0 Å². The number of hydrogen-bond donors (Lipinski definition) is 1. The zero-order chi connectivity index (χ0) is 15.3. The second-order valence-corrected chi connectivity index (χ2v) is 6.11. The van der Waals surface area contributed by atoms with Crippen molar-refractivity contribution in [2.45, 2.75) is 19.8 Å². The van der Waals surface area contributed by atoms with E-state index in [0.717, 1.165) is 11.1 Å². The first-order valence-electron chi connectivity index (χ1n) is 7.65. The van der Waals surface area contributed by atoms with E-state index in [1.807, 2.05) is 13.8 Å². The minimum absolute atomic E-state index is 0.255. The molecular weight excluding hydrogens is 268 g/mol. The Bertz CT molecular complexity index is 808. The van der Waals surface area contributed by atoms with E-state index in [0.29, 0.717) is 5.75 Å². The molecule has 22 heavy (non-hydrogen) atoms. The molecule has 3 aromatic rings. The molecule has 0 heterocycles. The maximum Gasteiger partial charge on any atom is 0.121 e. The topological polar surface area (TPSA) is 20.2 Å². The van der Waals surface area contributed by atoms with E-state index < -0.39 is 0 Å². The predicted molar refractivity (Wildman–Crippen MR) is 90.4 cm³/mol. The van der Waals surface area contributed by atoms with Crippen LogP contribution < -0.4 is 0 Å². The lowest BCUT2D eigenvalue weighted by molar-refractivity contribution is 0.466. The fourth-order valence-electron chi connectivity index (χ4n) is 3.67. The highest BCUT2D eigenvalue weighted by Gasteiger charge is 2.29. The standard InChI is InChI=1S/C21H18O/c1-13-11-15(12-14(2)21(13)22)20-18-9-5-3-7-16(18)17-8-4-6-10-19(17)20/h3-12,20,22H,1-2H3. The molecule has 0 unspecified atom stereocenters. The number of benzene rings is 3. The third-order valence-corrected chi connectivity index (χ3v) is 4.68. The van der Waals surface area contributed by atoms with E-state index in [-0.39, 0.29) is 5.92 Å². The summed E-state index contributed by atoms with van der Waals surface area (Å²) in [4.78, 5) is 0. The molecular formula is C21H18O. The van der Waals surface area contributed by atoms with Crippen LogP contribution in [-0.2, 0) is 0 Å². The van der Waals surface area contributed by atoms with Crippen LogP contribution in [0, 0.1) is 13.8 Å². The Morgan fingerprint density at radius 3 is 1.68 bits per heavy atom. The van der Waals surface area contributed by atoms with Crippen LogP contribution in [0.1, 0.15) is 33.7 Å². The molecule has 3 aromatic carbocycles. The highest BCUT2D eigenvalue weighted by Crippen LogP contribution is 2.48. The molecule has 1 aliphatic carbocycles. The van der Waals surface area contributed by atoms with Crippen LogP contribution in [0.3, 0.4) is 0 Å². The highest BCUT2D eigenvalue weighted by molar-refractivity contribution is 5.80. The number of hydrogen-bond acceptors (Lipinski definition) is 1. The van der Waals surface area contributed by atoms with Crippen molar-refractivity contribution in [3.8, 4) is 16.9 Å². The van der Waals surface area contributed by atoms with Crippen molar-refractivity contribution < 1.29 is 5.11 Å². The highest BCUT2D eigenvalue weighted by atomic mass is 16.3. The summed E-state index contributed by atoms with van der Waals surface area (Å²) in [6, 6.07) is 21.5. The Morgan fingerprint density at radius 1 is 0.727 bits per heavy atom. The van der Waals surface area contributed by atoms with Gasteiger partial charge >= 0.3 is 0 Å². The molecule has 0 saturated heterocycles. The number of phenolic OH excluding ortho intramolecular Hbond substituents is 1. The first kappa shape index (κ1) is 13.1. The Morgan fingerprint density at radius 2 is 1.18 bits per heavy atom. The fraction of sp³-hybridized carbons (Fsp3) is 0.143. The molecule has 0 amide bonds. The zero-order valence-electron chi connectivity index (χ0n) is 12.8. The van der Waals surface area contributed by atoms with Crippen LogP contribution in [0.25, 0.3) is 11.1 Å². The summed E-state index contributed by atoms with van der Waals surface area (Å²) in [6.45, 7) is 3.94. The minimum atomic E-state index is 0.255. The molecule has 0 bridgehead atoms. The van der Waals surface area contributed by atoms with E-state index in [2.05, 4.69) is 60.7 Å². The van der Waals surface area contributed by atoms with E-state index in [9.17, 15) is 5.11 Å². The maximum absolute atomic E-state index is 10.1. The fourth-order valence-corrected chi connectivity index (χ4v) is 3.67. The molecule has 108 valence electrons. The molecule has 0 aliphatic heterocycles. The second kappa shape index (κ2) is 4.74. The molecule has 0 aromatic heterocycles. The van der Waals surface area contributed by atoms with Crippen molar-refractivity contribution in [3.63, 3.8) is 0 Å². The zero-order valence-corrected chi connectivity index (χ0v) is 12.8. The second-order valence-electron chi connectivity index (χ2n) is 6.11. The van der Waals surface area contributed by atoms with Gasteiger partial charge in [-0.05, 0) is 52.8 Å². The van der Waals surface area contributed by atoms with E-state index in [1.165, 1.54) is 27.8 Å². The van der Waals surface area contributed by atoms with E-state index in [1.54, 1.807) is 0 Å². The summed E-state index contributed by atoms with van der Waals surface area (Å²) in [5.41, 5.74) is 8.50. The van der Waals surface area contributed by atoms with E-state index >= 15 is 0 Å². The Hall–Kier alpha value is -2.54. The third kappa shape index (κ3) is 1.79. The van der Waals surface area contributed by atoms with Crippen molar-refractivity contribution in [1.82, 2.24) is 0 Å². The van der Waals surface area contributed by atoms with Crippen molar-refractivity contribution in [2.24, 2.45) is 0 Å². The van der Waals surface area contributed by atoms with E-state index in [4.69, 9.17) is 0 Å². The summed E-state index contributed by atoms with van der Waals surface area (Å²) in [5, 5.41) is 10.1. The molecule has 0 fully saturated rings. The van der Waals surface area contributed by atoms with Crippen LogP contribution in [0.4, 0.5) is 0 Å². The lowest BCUT2D eigenvalue weighted by Crippen LogP contribution is -2.00. The quantitative estimate of drug-likeness (QED) is 0.512. The molecule has 0 saturated carbocycles. The van der Waals surface area contributed by atoms with Crippen molar-refractivity contribution in [3.05, 3.63) is 88.5 Å². The number of phenols is 1. The molecule has 4 rings (SSSR count). The van der Waals surface area contributed by atoms with Crippen molar-refractivity contribution >= 4 is 0 Å². The van der Waals surface area contributed by atoms with Crippen LogP contribution in [0.2, 0.25) is 0 Å². The van der Waals surface area contributed by atoms with Gasteiger partial charge in [0.25, 0.3) is 0 Å². The summed E-state index contributed by atoms with van der Waals surface area (Å²) in [6.07, 6.45) is 0. The lowest BCUT2D eigenvalue weighted by Gasteiger charge is -2.17. The molecule has 1 heteroatoms. The smallest absolute Gasteiger partial charge is 0.121 e. The average Bonchev–Trinajstić information content (AvgIpc) is 2.87. The van der Waals surface area contributed by atoms with Gasteiger partial charge in [-0.15, -0.1) is 0 Å². The average molecular weight is 286 g/mol. The van der Waals surface area contributed by atoms with Crippen molar-refractivity contribution in [2.75, 3.05) is 0 Å². The van der Waals surface area contributed by atoms with Crippen LogP contribution in [0.15, 0.2) is 60.7 Å². The molecule has 0 atom stereocenters. The molecule has 1 aliphatic rings. The Kier molecular flexibility index (Phi) is 2.83. The van der Waals surface area contributed by atoms with Gasteiger partial charge in [0.05, 0.1) is 0 Å². The lowest BCUT2D eigenvalue weighted by atomic mass is 9.87. The SMILES string of the molecule is Cc1cc(C2c3ccccc3-c3ccccc32)cc(C)c1O. The first-order chi connectivity index (χ1) is 10.7. The summed E-state index contributed by atoms with van der Waals surface area (Å²) < 4.78 is 0. The summed E-state index contributed by atoms with van der Waals surface area (Å²) in [7, 11) is 0. The van der Waals surface area contributed by atoms with Gasteiger partial charge in [-0.25, -0.2) is 0 Å². The number of aryl methyl sites for hydroxylation is 2. The monoisotopic (exact) mass is 286 g/mol. The van der Waals surface area contributed by atoms with Gasteiger partial charge in [-0.2, -0.15) is 0 Å². The molecule has 1 N–H and O–H groups in total. The number of aromatic hydroxyl groups is 1. The first-order valence-corrected chi connectivity index (χ1v) is 7.65. The van der Waals surface area contributed by atoms with Gasteiger partial charge in [-0.3, -0.25) is 0 Å². The van der Waals surface area contributed by atoms with Crippen LogP contribution in [-0.4, -0.2) is 5.11 Å². The van der Waals surface area contributed by atoms with Crippen LogP contribution in [0.5, 0.6) is 5.75 Å². The molecule has 0 radical (unpaired) electrons. The Labute approximate surface area is 130 Å². The maximum atomic E-state index is 10.1. The van der Waals surface area contributed by atoms with Gasteiger partial charge in [0.2, 0.25) is 0 Å². The Balaban J connectivity index is 2.00. The van der Waals surface area contributed by atoms with Crippen molar-refractivity contribution in [1.29, 1.82) is 0 Å². The number of fused-ring (bicyclic) bond motifs is 3.